The lowest BCUT2D eigenvalue weighted by atomic mass is 9.89. The van der Waals surface area contributed by atoms with Gasteiger partial charge < -0.3 is 14.8 Å². The summed E-state index contributed by atoms with van der Waals surface area (Å²) in [6.45, 7) is 3.29. The van der Waals surface area contributed by atoms with Gasteiger partial charge in [-0.2, -0.15) is 0 Å². The molecule has 1 N–H and O–H groups in total. The summed E-state index contributed by atoms with van der Waals surface area (Å²) in [7, 11) is 0. The maximum absolute atomic E-state index is 11.7. The Hall–Kier alpha value is -0.750. The molecular weight excluding hydrogens is 220 g/mol. The van der Waals surface area contributed by atoms with Gasteiger partial charge in [-0.15, -0.1) is 0 Å². The molecule has 6 heteroatoms. The Labute approximate surface area is 93.3 Å². The summed E-state index contributed by atoms with van der Waals surface area (Å²) in [5.74, 6) is -0.178. The van der Waals surface area contributed by atoms with Gasteiger partial charge in [0.05, 0.1) is 19.8 Å². The van der Waals surface area contributed by atoms with Crippen molar-refractivity contribution in [2.24, 2.45) is 5.41 Å². The molecule has 94 valence electrons. The molecule has 0 aromatic carbocycles. The Morgan fingerprint density at radius 2 is 2.25 bits per heavy atom. The first kappa shape index (κ1) is 13.3. The molecule has 0 bridgehead atoms. The zero-order chi connectivity index (χ0) is 12.0. The van der Waals surface area contributed by atoms with E-state index in [1.54, 1.807) is 0 Å². The molecule has 1 heterocycles. The second kappa shape index (κ2) is 6.10. The molecular formula is C10H17F2NO3. The van der Waals surface area contributed by atoms with E-state index in [4.69, 9.17) is 4.74 Å². The standard InChI is InChI=1S/C10H17F2NO3/c1-10(6-16-7-10)5-13-9(14)2-3-15-4-8(11)12/h8H,2-7H2,1H3,(H,13,14). The highest BCUT2D eigenvalue weighted by Crippen LogP contribution is 2.24. The van der Waals surface area contributed by atoms with Crippen LogP contribution < -0.4 is 5.32 Å². The monoisotopic (exact) mass is 237 g/mol. The Morgan fingerprint density at radius 3 is 2.75 bits per heavy atom. The highest BCUT2D eigenvalue weighted by atomic mass is 19.3. The van der Waals surface area contributed by atoms with Gasteiger partial charge in [-0.1, -0.05) is 6.92 Å². The molecule has 1 amide bonds. The molecule has 0 saturated carbocycles. The summed E-state index contributed by atoms with van der Waals surface area (Å²) in [4.78, 5) is 11.3. The second-order valence-corrected chi connectivity index (χ2v) is 4.30. The predicted octanol–water partition coefficient (Wildman–Crippen LogP) is 0.811. The fourth-order valence-corrected chi connectivity index (χ4v) is 1.29. The third kappa shape index (κ3) is 4.85. The van der Waals surface area contributed by atoms with Crippen molar-refractivity contribution in [3.63, 3.8) is 0 Å². The predicted molar refractivity (Wildman–Crippen MR) is 53.4 cm³/mol. The number of halogens is 2. The maximum Gasteiger partial charge on any atom is 0.261 e. The van der Waals surface area contributed by atoms with Crippen LogP contribution in [0.4, 0.5) is 8.78 Å². The molecule has 0 spiro atoms. The van der Waals surface area contributed by atoms with Crippen LogP contribution in [0.3, 0.4) is 0 Å². The van der Waals surface area contributed by atoms with Crippen molar-refractivity contribution in [1.29, 1.82) is 0 Å². The number of amides is 1. The molecule has 1 aliphatic heterocycles. The van der Waals surface area contributed by atoms with Gasteiger partial charge in [0.15, 0.2) is 0 Å². The SMILES string of the molecule is CC1(CNC(=O)CCOCC(F)F)COC1. The van der Waals surface area contributed by atoms with E-state index in [0.29, 0.717) is 19.8 Å². The lowest BCUT2D eigenvalue weighted by Crippen LogP contribution is -2.48. The van der Waals surface area contributed by atoms with E-state index in [1.165, 1.54) is 0 Å². The van der Waals surface area contributed by atoms with Gasteiger partial charge in [-0.25, -0.2) is 8.78 Å². The third-order valence-electron chi connectivity index (χ3n) is 2.33. The van der Waals surface area contributed by atoms with E-state index in [2.05, 4.69) is 10.1 Å². The number of hydrogen-bond acceptors (Lipinski definition) is 3. The first-order valence-electron chi connectivity index (χ1n) is 5.22. The number of carbonyl (C=O) groups is 1. The fraction of sp³-hybridized carbons (Fsp3) is 0.900. The van der Waals surface area contributed by atoms with Crippen LogP contribution in [0.5, 0.6) is 0 Å². The third-order valence-corrected chi connectivity index (χ3v) is 2.33. The topological polar surface area (TPSA) is 47.6 Å². The molecule has 4 nitrogen and oxygen atoms in total. The van der Waals surface area contributed by atoms with Crippen molar-refractivity contribution >= 4 is 5.91 Å². The number of ether oxygens (including phenoxy) is 2. The van der Waals surface area contributed by atoms with Crippen molar-refractivity contribution in [3.05, 3.63) is 0 Å². The van der Waals surface area contributed by atoms with E-state index in [-0.39, 0.29) is 24.3 Å². The van der Waals surface area contributed by atoms with Gasteiger partial charge in [-0.05, 0) is 0 Å². The Balaban J connectivity index is 1.98. The molecule has 1 aliphatic rings. The minimum atomic E-state index is -2.48. The van der Waals surface area contributed by atoms with Gasteiger partial charge in [0.25, 0.3) is 6.43 Å². The summed E-state index contributed by atoms with van der Waals surface area (Å²) in [5.41, 5.74) is 0.0273. The average molecular weight is 237 g/mol. The molecule has 1 saturated heterocycles. The summed E-state index contributed by atoms with van der Waals surface area (Å²) in [5, 5.41) is 2.73. The molecule has 1 rings (SSSR count). The Bertz CT molecular complexity index is 232. The average Bonchev–Trinajstić information content (AvgIpc) is 2.18. The first-order valence-corrected chi connectivity index (χ1v) is 5.22. The van der Waals surface area contributed by atoms with E-state index in [0.717, 1.165) is 0 Å². The first-order chi connectivity index (χ1) is 7.52. The Morgan fingerprint density at radius 1 is 1.56 bits per heavy atom. The summed E-state index contributed by atoms with van der Waals surface area (Å²) < 4.78 is 33.0. The van der Waals surface area contributed by atoms with Crippen LogP contribution >= 0.6 is 0 Å². The number of carbonyl (C=O) groups excluding carboxylic acids is 1. The van der Waals surface area contributed by atoms with E-state index in [9.17, 15) is 13.6 Å². The molecule has 0 aliphatic carbocycles. The number of alkyl halides is 2. The van der Waals surface area contributed by atoms with Gasteiger partial charge in [0.2, 0.25) is 5.91 Å². The lowest BCUT2D eigenvalue weighted by Gasteiger charge is -2.38. The van der Waals surface area contributed by atoms with Crippen LogP contribution in [0, 0.1) is 5.41 Å². The fourth-order valence-electron chi connectivity index (χ4n) is 1.29. The number of nitrogens with one attached hydrogen (secondary N) is 1. The van der Waals surface area contributed by atoms with Gasteiger partial charge in [0, 0.05) is 18.4 Å². The number of rotatable bonds is 7. The highest BCUT2D eigenvalue weighted by molar-refractivity contribution is 5.76. The molecule has 16 heavy (non-hydrogen) atoms. The van der Waals surface area contributed by atoms with Gasteiger partial charge in [0.1, 0.15) is 6.61 Å². The molecule has 1 fully saturated rings. The normalized spacial score (nSPS) is 18.2. The van der Waals surface area contributed by atoms with E-state index >= 15 is 0 Å². The zero-order valence-corrected chi connectivity index (χ0v) is 9.30. The van der Waals surface area contributed by atoms with Gasteiger partial charge >= 0.3 is 0 Å². The Kier molecular flexibility index (Phi) is 5.08. The van der Waals surface area contributed by atoms with E-state index in [1.807, 2.05) is 6.92 Å². The minimum absolute atomic E-state index is 0.0273. The molecule has 0 atom stereocenters. The molecule has 0 aromatic rings. The van der Waals surface area contributed by atoms with Crippen LogP contribution in [-0.4, -0.2) is 45.3 Å². The summed E-state index contributed by atoms with van der Waals surface area (Å²) in [6, 6.07) is 0. The molecule has 0 radical (unpaired) electrons. The second-order valence-electron chi connectivity index (χ2n) is 4.30. The van der Waals surface area contributed by atoms with Crippen molar-refractivity contribution in [2.75, 3.05) is 33.0 Å². The number of hydrogen-bond donors (Lipinski definition) is 1. The van der Waals surface area contributed by atoms with Crippen LogP contribution in [-0.2, 0) is 14.3 Å². The quantitative estimate of drug-likeness (QED) is 0.667. The summed E-state index contributed by atoms with van der Waals surface area (Å²) >= 11 is 0. The minimum Gasteiger partial charge on any atom is -0.380 e. The van der Waals surface area contributed by atoms with Crippen molar-refractivity contribution in [1.82, 2.24) is 5.32 Å². The maximum atomic E-state index is 11.7. The van der Waals surface area contributed by atoms with Crippen molar-refractivity contribution in [2.45, 2.75) is 19.8 Å². The van der Waals surface area contributed by atoms with Crippen LogP contribution in [0.1, 0.15) is 13.3 Å². The molecule has 0 unspecified atom stereocenters. The van der Waals surface area contributed by atoms with Crippen molar-refractivity contribution in [3.8, 4) is 0 Å². The van der Waals surface area contributed by atoms with Crippen molar-refractivity contribution < 1.29 is 23.0 Å². The van der Waals surface area contributed by atoms with Gasteiger partial charge in [-0.3, -0.25) is 4.79 Å². The zero-order valence-electron chi connectivity index (χ0n) is 9.30. The van der Waals surface area contributed by atoms with E-state index < -0.39 is 13.0 Å². The smallest absolute Gasteiger partial charge is 0.261 e. The highest BCUT2D eigenvalue weighted by Gasteiger charge is 2.33. The largest absolute Gasteiger partial charge is 0.380 e. The lowest BCUT2D eigenvalue weighted by molar-refractivity contribution is -0.128. The van der Waals surface area contributed by atoms with Crippen LogP contribution in [0.25, 0.3) is 0 Å². The molecule has 0 aromatic heterocycles. The summed E-state index contributed by atoms with van der Waals surface area (Å²) in [6.07, 6.45) is -2.36. The van der Waals surface area contributed by atoms with Crippen LogP contribution in [0.15, 0.2) is 0 Å². The van der Waals surface area contributed by atoms with Crippen LogP contribution in [0.2, 0.25) is 0 Å².